The van der Waals surface area contributed by atoms with Gasteiger partial charge in [-0.05, 0) is 42.4 Å². The van der Waals surface area contributed by atoms with Gasteiger partial charge in [-0.25, -0.2) is 0 Å². The molecule has 1 saturated carbocycles. The van der Waals surface area contributed by atoms with E-state index in [9.17, 15) is 4.79 Å². The second-order valence-corrected chi connectivity index (χ2v) is 5.14. The molecule has 1 atom stereocenters. The van der Waals surface area contributed by atoms with Gasteiger partial charge in [0.1, 0.15) is 0 Å². The van der Waals surface area contributed by atoms with Crippen molar-refractivity contribution in [2.75, 3.05) is 6.54 Å². The van der Waals surface area contributed by atoms with Crippen LogP contribution in [0.2, 0.25) is 0 Å². The molecular formula is C14H18N2O. The Morgan fingerprint density at radius 2 is 2.18 bits per heavy atom. The molecular weight excluding hydrogens is 212 g/mol. The third-order valence-corrected chi connectivity index (χ3v) is 4.10. The maximum atomic E-state index is 11.8. The lowest BCUT2D eigenvalue weighted by Crippen LogP contribution is -2.32. The van der Waals surface area contributed by atoms with Crippen LogP contribution in [0, 0.1) is 5.92 Å². The molecule has 0 saturated heterocycles. The van der Waals surface area contributed by atoms with Gasteiger partial charge in [-0.3, -0.25) is 4.79 Å². The predicted molar refractivity (Wildman–Crippen MR) is 66.7 cm³/mol. The topological polar surface area (TPSA) is 55.1 Å². The van der Waals surface area contributed by atoms with Crippen molar-refractivity contribution in [3.63, 3.8) is 0 Å². The van der Waals surface area contributed by atoms with Gasteiger partial charge in [-0.2, -0.15) is 0 Å². The monoisotopic (exact) mass is 230 g/mol. The van der Waals surface area contributed by atoms with Gasteiger partial charge in [0.05, 0.1) is 0 Å². The van der Waals surface area contributed by atoms with Crippen LogP contribution in [0.25, 0.3) is 0 Å². The van der Waals surface area contributed by atoms with Crippen molar-refractivity contribution in [1.29, 1.82) is 0 Å². The van der Waals surface area contributed by atoms with E-state index < -0.39 is 0 Å². The van der Waals surface area contributed by atoms with Gasteiger partial charge in [-0.15, -0.1) is 0 Å². The van der Waals surface area contributed by atoms with Gasteiger partial charge in [0.25, 0.3) is 5.91 Å². The van der Waals surface area contributed by atoms with Crippen LogP contribution in [0.15, 0.2) is 18.2 Å². The molecule has 1 heterocycles. The maximum absolute atomic E-state index is 11.8. The van der Waals surface area contributed by atoms with Crippen LogP contribution in [0.5, 0.6) is 0 Å². The summed E-state index contributed by atoms with van der Waals surface area (Å²) in [4.78, 5) is 11.8. The number of amides is 1. The van der Waals surface area contributed by atoms with Crippen molar-refractivity contribution >= 4 is 5.91 Å². The SMILES string of the molecule is NC(c1ccc2c(c1)C(=O)NCC2)C1CCC1. The van der Waals surface area contributed by atoms with E-state index in [1.165, 1.54) is 19.3 Å². The number of hydrogen-bond acceptors (Lipinski definition) is 2. The fourth-order valence-electron chi connectivity index (χ4n) is 2.71. The Morgan fingerprint density at radius 3 is 2.88 bits per heavy atom. The summed E-state index contributed by atoms with van der Waals surface area (Å²) in [6.07, 6.45) is 4.68. The summed E-state index contributed by atoms with van der Waals surface area (Å²) in [6.45, 7) is 0.750. The number of carbonyl (C=O) groups excluding carboxylic acids is 1. The highest BCUT2D eigenvalue weighted by molar-refractivity contribution is 5.96. The third kappa shape index (κ3) is 1.84. The van der Waals surface area contributed by atoms with Crippen molar-refractivity contribution < 1.29 is 4.79 Å². The summed E-state index contributed by atoms with van der Waals surface area (Å²) in [5.41, 5.74) is 9.34. The van der Waals surface area contributed by atoms with Gasteiger partial charge in [0, 0.05) is 18.2 Å². The van der Waals surface area contributed by atoms with Crippen molar-refractivity contribution in [3.8, 4) is 0 Å². The number of benzene rings is 1. The molecule has 0 bridgehead atoms. The molecule has 0 aromatic heterocycles. The van der Waals surface area contributed by atoms with Crippen LogP contribution in [0.3, 0.4) is 0 Å². The smallest absolute Gasteiger partial charge is 0.251 e. The van der Waals surface area contributed by atoms with Crippen molar-refractivity contribution in [3.05, 3.63) is 34.9 Å². The number of fused-ring (bicyclic) bond motifs is 1. The van der Waals surface area contributed by atoms with Crippen LogP contribution in [0.1, 0.15) is 46.8 Å². The first-order valence-electron chi connectivity index (χ1n) is 6.42. The Bertz CT molecular complexity index is 452. The van der Waals surface area contributed by atoms with Crippen LogP contribution >= 0.6 is 0 Å². The first kappa shape index (κ1) is 10.8. The maximum Gasteiger partial charge on any atom is 0.251 e. The van der Waals surface area contributed by atoms with E-state index >= 15 is 0 Å². The number of rotatable bonds is 2. The van der Waals surface area contributed by atoms with Gasteiger partial charge < -0.3 is 11.1 Å². The lowest BCUT2D eigenvalue weighted by molar-refractivity contribution is 0.0946. The van der Waals surface area contributed by atoms with E-state index in [1.54, 1.807) is 0 Å². The van der Waals surface area contributed by atoms with Gasteiger partial charge in [0.15, 0.2) is 0 Å². The molecule has 0 radical (unpaired) electrons. The second kappa shape index (κ2) is 4.15. The summed E-state index contributed by atoms with van der Waals surface area (Å²) in [7, 11) is 0. The molecule has 3 N–H and O–H groups in total. The molecule has 3 heteroatoms. The minimum absolute atomic E-state index is 0.0499. The lowest BCUT2D eigenvalue weighted by Gasteiger charge is -2.32. The first-order valence-corrected chi connectivity index (χ1v) is 6.42. The van der Waals surface area contributed by atoms with Crippen molar-refractivity contribution in [2.45, 2.75) is 31.7 Å². The number of nitrogens with two attached hydrogens (primary N) is 1. The summed E-state index contributed by atoms with van der Waals surface area (Å²) in [5, 5.41) is 2.88. The molecule has 90 valence electrons. The summed E-state index contributed by atoms with van der Waals surface area (Å²) >= 11 is 0. The Hall–Kier alpha value is -1.35. The third-order valence-electron chi connectivity index (χ3n) is 4.10. The lowest BCUT2D eigenvalue weighted by atomic mass is 9.77. The Balaban J connectivity index is 1.91. The summed E-state index contributed by atoms with van der Waals surface area (Å²) in [6, 6.07) is 6.26. The first-order chi connectivity index (χ1) is 8.25. The average molecular weight is 230 g/mol. The van der Waals surface area contributed by atoms with Gasteiger partial charge in [0.2, 0.25) is 0 Å². The molecule has 1 fully saturated rings. The normalized spacial score (nSPS) is 21.4. The molecule has 1 aromatic carbocycles. The fraction of sp³-hybridized carbons (Fsp3) is 0.500. The zero-order valence-corrected chi connectivity index (χ0v) is 9.91. The minimum Gasteiger partial charge on any atom is -0.352 e. The van der Waals surface area contributed by atoms with Crippen molar-refractivity contribution in [2.24, 2.45) is 11.7 Å². The Morgan fingerprint density at radius 1 is 1.35 bits per heavy atom. The predicted octanol–water partition coefficient (Wildman–Crippen LogP) is 1.77. The largest absolute Gasteiger partial charge is 0.352 e. The van der Waals surface area contributed by atoms with E-state index in [2.05, 4.69) is 17.4 Å². The number of hydrogen-bond donors (Lipinski definition) is 2. The molecule has 1 amide bonds. The van der Waals surface area contributed by atoms with Crippen molar-refractivity contribution in [1.82, 2.24) is 5.32 Å². The highest BCUT2D eigenvalue weighted by atomic mass is 16.1. The fourth-order valence-corrected chi connectivity index (χ4v) is 2.71. The van der Waals surface area contributed by atoms with E-state index in [0.717, 1.165) is 29.7 Å². The van der Waals surface area contributed by atoms with Crippen LogP contribution in [-0.4, -0.2) is 12.5 Å². The van der Waals surface area contributed by atoms with E-state index in [1.807, 2.05) is 6.07 Å². The quantitative estimate of drug-likeness (QED) is 0.813. The van der Waals surface area contributed by atoms with Crippen LogP contribution < -0.4 is 11.1 Å². The van der Waals surface area contributed by atoms with E-state index in [4.69, 9.17) is 5.73 Å². The molecule has 1 aromatic rings. The summed E-state index contributed by atoms with van der Waals surface area (Å²) < 4.78 is 0. The summed E-state index contributed by atoms with van der Waals surface area (Å²) in [5.74, 6) is 0.661. The molecule has 3 nitrogen and oxygen atoms in total. The zero-order valence-electron chi connectivity index (χ0n) is 9.91. The van der Waals surface area contributed by atoms with Gasteiger partial charge in [-0.1, -0.05) is 18.6 Å². The molecule has 2 aliphatic rings. The molecule has 1 aliphatic heterocycles. The molecule has 1 unspecified atom stereocenters. The number of nitrogens with one attached hydrogen (secondary N) is 1. The Labute approximate surface area is 101 Å². The molecule has 17 heavy (non-hydrogen) atoms. The zero-order chi connectivity index (χ0) is 11.8. The molecule has 1 aliphatic carbocycles. The Kier molecular flexibility index (Phi) is 2.63. The van der Waals surface area contributed by atoms with E-state index in [-0.39, 0.29) is 11.9 Å². The highest BCUT2D eigenvalue weighted by Crippen LogP contribution is 2.36. The molecule has 3 rings (SSSR count). The second-order valence-electron chi connectivity index (χ2n) is 5.14. The van der Waals surface area contributed by atoms with Crippen LogP contribution in [-0.2, 0) is 6.42 Å². The minimum atomic E-state index is 0.0499. The average Bonchev–Trinajstić information content (AvgIpc) is 2.27. The highest BCUT2D eigenvalue weighted by Gasteiger charge is 2.26. The van der Waals surface area contributed by atoms with Gasteiger partial charge >= 0.3 is 0 Å². The van der Waals surface area contributed by atoms with Crippen LogP contribution in [0.4, 0.5) is 0 Å². The standard InChI is InChI=1S/C14H18N2O/c15-13(10-2-1-3-10)11-5-4-9-6-7-16-14(17)12(9)8-11/h4-5,8,10,13H,1-3,6-7,15H2,(H,16,17). The number of carbonyl (C=O) groups is 1. The molecule has 0 spiro atoms. The van der Waals surface area contributed by atoms with E-state index in [0.29, 0.717) is 5.92 Å².